The van der Waals surface area contributed by atoms with Gasteiger partial charge in [-0.2, -0.15) is 0 Å². The molecule has 1 aromatic rings. The topological polar surface area (TPSA) is 116 Å². The van der Waals surface area contributed by atoms with Crippen LogP contribution >= 0.6 is 0 Å². The molecule has 0 aliphatic rings. The van der Waals surface area contributed by atoms with Crippen LogP contribution in [0.15, 0.2) is 24.3 Å². The number of nitrogen functional groups attached to an aromatic ring is 1. The second kappa shape index (κ2) is 8.89. The largest absolute Gasteiger partial charge is 0.399 e. The zero-order chi connectivity index (χ0) is 14.8. The van der Waals surface area contributed by atoms with E-state index in [0.717, 1.165) is 12.8 Å². The number of anilines is 1. The van der Waals surface area contributed by atoms with Gasteiger partial charge in [0.05, 0.1) is 0 Å². The van der Waals surface area contributed by atoms with Crippen molar-refractivity contribution >= 4 is 17.5 Å². The Morgan fingerprint density at radius 3 is 2.45 bits per heavy atom. The van der Waals surface area contributed by atoms with Crippen LogP contribution in [-0.2, 0) is 4.79 Å². The number of unbranched alkanes of at least 4 members (excludes halogenated alkanes) is 2. The van der Waals surface area contributed by atoms with E-state index in [4.69, 9.17) is 10.9 Å². The smallest absolute Gasteiger partial charge is 0.251 e. The molecule has 0 aromatic heterocycles. The molecule has 0 aliphatic heterocycles. The molecule has 0 aliphatic carbocycles. The Hall–Kier alpha value is -2.12. The maximum absolute atomic E-state index is 11.7. The lowest BCUT2D eigenvalue weighted by atomic mass is 10.1. The van der Waals surface area contributed by atoms with Gasteiger partial charge < -0.3 is 11.1 Å². The number of nitrogens with two attached hydrogens (primary N) is 1. The van der Waals surface area contributed by atoms with Gasteiger partial charge in [0.1, 0.15) is 0 Å². The van der Waals surface area contributed by atoms with E-state index in [1.54, 1.807) is 29.9 Å². The van der Waals surface area contributed by atoms with Crippen LogP contribution < -0.4 is 22.1 Å². The van der Waals surface area contributed by atoms with Gasteiger partial charge in [-0.15, -0.1) is 5.59 Å². The van der Waals surface area contributed by atoms with E-state index in [0.29, 0.717) is 30.6 Å². The van der Waals surface area contributed by atoms with Crippen LogP contribution in [0.5, 0.6) is 0 Å². The van der Waals surface area contributed by atoms with Gasteiger partial charge in [0.15, 0.2) is 0 Å². The van der Waals surface area contributed by atoms with Crippen LogP contribution in [0, 0.1) is 0 Å². The predicted molar refractivity (Wildman–Crippen MR) is 74.7 cm³/mol. The number of carbonyl (C=O) groups is 2. The summed E-state index contributed by atoms with van der Waals surface area (Å²) in [6.45, 7) is 0.559. The molecule has 7 nitrogen and oxygen atoms in total. The third kappa shape index (κ3) is 6.17. The van der Waals surface area contributed by atoms with E-state index in [-0.39, 0.29) is 11.8 Å². The minimum absolute atomic E-state index is 0.132. The number of hydrogen-bond acceptors (Lipinski definition) is 5. The minimum Gasteiger partial charge on any atom is -0.399 e. The van der Waals surface area contributed by atoms with Gasteiger partial charge in [0, 0.05) is 24.2 Å². The number of carbonyl (C=O) groups excluding carboxylic acids is 2. The molecule has 0 unspecified atom stereocenters. The molecule has 0 radical (unpaired) electrons. The molecular weight excluding hydrogens is 260 g/mol. The highest BCUT2D eigenvalue weighted by Crippen LogP contribution is 2.05. The van der Waals surface area contributed by atoms with Crippen molar-refractivity contribution in [3.8, 4) is 0 Å². The second-order valence-electron chi connectivity index (χ2n) is 4.35. The molecular formula is C13H20N4O3. The van der Waals surface area contributed by atoms with Gasteiger partial charge in [-0.05, 0) is 37.1 Å². The first-order chi connectivity index (χ1) is 9.63. The van der Waals surface area contributed by atoms with Gasteiger partial charge in [-0.3, -0.25) is 20.2 Å². The summed E-state index contributed by atoms with van der Waals surface area (Å²) in [7, 11) is 0. The molecule has 0 bridgehead atoms. The lowest BCUT2D eigenvalue weighted by Gasteiger charge is -2.05. The number of rotatable bonds is 8. The van der Waals surface area contributed by atoms with Gasteiger partial charge in [-0.1, -0.05) is 6.42 Å². The third-order valence-corrected chi connectivity index (χ3v) is 2.73. The van der Waals surface area contributed by atoms with Gasteiger partial charge in [0.25, 0.3) is 5.91 Å². The van der Waals surface area contributed by atoms with E-state index in [1.165, 1.54) is 0 Å². The van der Waals surface area contributed by atoms with Crippen molar-refractivity contribution < 1.29 is 14.8 Å². The molecule has 0 spiro atoms. The van der Waals surface area contributed by atoms with Gasteiger partial charge >= 0.3 is 0 Å². The summed E-state index contributed by atoms with van der Waals surface area (Å²) in [5, 5.41) is 11.0. The highest BCUT2D eigenvalue weighted by molar-refractivity contribution is 5.94. The number of nitrogens with one attached hydrogen (secondary N) is 3. The van der Waals surface area contributed by atoms with Crippen molar-refractivity contribution in [3.05, 3.63) is 29.8 Å². The maximum Gasteiger partial charge on any atom is 0.251 e. The van der Waals surface area contributed by atoms with E-state index < -0.39 is 0 Å². The van der Waals surface area contributed by atoms with Crippen LogP contribution in [-0.4, -0.2) is 23.6 Å². The van der Waals surface area contributed by atoms with E-state index in [2.05, 4.69) is 10.7 Å². The molecule has 0 saturated carbocycles. The molecule has 0 heterocycles. The predicted octanol–water partition coefficient (Wildman–Crippen LogP) is 0.569. The monoisotopic (exact) mass is 280 g/mol. The fraction of sp³-hybridized carbons (Fsp3) is 0.385. The molecule has 1 aromatic carbocycles. The van der Waals surface area contributed by atoms with E-state index >= 15 is 0 Å². The summed E-state index contributed by atoms with van der Waals surface area (Å²) in [6.07, 6.45) is 2.64. The summed E-state index contributed by atoms with van der Waals surface area (Å²) < 4.78 is 0. The highest BCUT2D eigenvalue weighted by Gasteiger charge is 2.04. The van der Waals surface area contributed by atoms with Crippen molar-refractivity contribution in [2.75, 3.05) is 12.3 Å². The van der Waals surface area contributed by atoms with E-state index in [1.807, 2.05) is 0 Å². The quantitative estimate of drug-likeness (QED) is 0.271. The zero-order valence-corrected chi connectivity index (χ0v) is 11.2. The molecule has 1 rings (SSSR count). The molecule has 110 valence electrons. The number of benzene rings is 1. The van der Waals surface area contributed by atoms with Crippen molar-refractivity contribution in [2.45, 2.75) is 25.7 Å². The van der Waals surface area contributed by atoms with Gasteiger partial charge in [-0.25, -0.2) is 0 Å². The van der Waals surface area contributed by atoms with Crippen LogP contribution in [0.3, 0.4) is 0 Å². The molecule has 0 saturated heterocycles. The van der Waals surface area contributed by atoms with Crippen molar-refractivity contribution in [2.24, 2.45) is 0 Å². The zero-order valence-electron chi connectivity index (χ0n) is 11.2. The molecule has 0 fully saturated rings. The normalized spacial score (nSPS) is 10.1. The first kappa shape index (κ1) is 15.9. The maximum atomic E-state index is 11.7. The number of amides is 2. The number of hydrogen-bond donors (Lipinski definition) is 5. The van der Waals surface area contributed by atoms with E-state index in [9.17, 15) is 9.59 Å². The second-order valence-corrected chi connectivity index (χ2v) is 4.35. The number of hydrazine groups is 1. The average molecular weight is 280 g/mol. The first-order valence-electron chi connectivity index (χ1n) is 6.45. The Labute approximate surface area is 117 Å². The average Bonchev–Trinajstić information content (AvgIpc) is 2.43. The Balaban J connectivity index is 2.10. The Bertz CT molecular complexity index is 434. The summed E-state index contributed by atoms with van der Waals surface area (Å²) >= 11 is 0. The fourth-order valence-corrected chi connectivity index (χ4v) is 1.65. The van der Waals surface area contributed by atoms with Crippen molar-refractivity contribution in [1.82, 2.24) is 16.3 Å². The summed E-state index contributed by atoms with van der Waals surface area (Å²) in [4.78, 5) is 22.7. The van der Waals surface area contributed by atoms with Crippen molar-refractivity contribution in [3.63, 3.8) is 0 Å². The minimum atomic E-state index is -0.265. The lowest BCUT2D eigenvalue weighted by Crippen LogP contribution is -2.34. The van der Waals surface area contributed by atoms with Crippen LogP contribution in [0.25, 0.3) is 0 Å². The summed E-state index contributed by atoms with van der Waals surface area (Å²) in [5.74, 6) is -0.398. The van der Waals surface area contributed by atoms with Crippen LogP contribution in [0.4, 0.5) is 5.69 Å². The Morgan fingerprint density at radius 2 is 1.80 bits per heavy atom. The lowest BCUT2D eigenvalue weighted by molar-refractivity contribution is -0.125. The SMILES string of the molecule is Nc1ccc(C(=O)NCCCCCC(=O)NNO)cc1. The molecule has 2 amide bonds. The van der Waals surface area contributed by atoms with Crippen LogP contribution in [0.2, 0.25) is 0 Å². The standard InChI is InChI=1S/C13H20N4O3/c14-11-7-5-10(6-8-11)13(19)15-9-3-1-2-4-12(18)16-17-20/h5-8,17,20H,1-4,9,14H2,(H,15,19)(H,16,18). The Kier molecular flexibility index (Phi) is 7.08. The van der Waals surface area contributed by atoms with Crippen molar-refractivity contribution in [1.29, 1.82) is 0 Å². The fourth-order valence-electron chi connectivity index (χ4n) is 1.65. The molecule has 0 atom stereocenters. The molecule has 20 heavy (non-hydrogen) atoms. The summed E-state index contributed by atoms with van der Waals surface area (Å²) in [5.41, 5.74) is 10.4. The van der Waals surface area contributed by atoms with Gasteiger partial charge in [0.2, 0.25) is 5.91 Å². The first-order valence-corrected chi connectivity index (χ1v) is 6.45. The highest BCUT2D eigenvalue weighted by atomic mass is 16.5. The summed E-state index contributed by atoms with van der Waals surface area (Å²) in [6, 6.07) is 6.72. The molecule has 6 N–H and O–H groups in total. The third-order valence-electron chi connectivity index (χ3n) is 2.73. The Morgan fingerprint density at radius 1 is 1.10 bits per heavy atom. The molecule has 7 heteroatoms. The van der Waals surface area contributed by atoms with Crippen LogP contribution in [0.1, 0.15) is 36.0 Å².